The number of benzene rings is 1. The number of aromatic amines is 1. The van der Waals surface area contributed by atoms with Crippen molar-refractivity contribution in [2.24, 2.45) is 0 Å². The molecule has 8 heteroatoms. The van der Waals surface area contributed by atoms with E-state index in [9.17, 15) is 18.4 Å². The number of hydrogen-bond acceptors (Lipinski definition) is 4. The molecule has 2 N–H and O–H groups in total. The lowest BCUT2D eigenvalue weighted by atomic mass is 10.0. The Hall–Kier alpha value is -2.77. The zero-order valence-electron chi connectivity index (χ0n) is 12.8. The number of carbonyl (C=O) groups is 1. The highest BCUT2D eigenvalue weighted by atomic mass is 19.2. The number of nitrogens with one attached hydrogen (secondary N) is 2. The van der Waals surface area contributed by atoms with Gasteiger partial charge in [-0.15, -0.1) is 0 Å². The minimum absolute atomic E-state index is 0.282. The number of aromatic nitrogens is 2. The van der Waals surface area contributed by atoms with Crippen LogP contribution in [0.2, 0.25) is 0 Å². The van der Waals surface area contributed by atoms with Crippen molar-refractivity contribution >= 4 is 11.7 Å². The second-order valence-corrected chi connectivity index (χ2v) is 5.60. The molecule has 0 bridgehead atoms. The zero-order valence-corrected chi connectivity index (χ0v) is 12.8. The van der Waals surface area contributed by atoms with E-state index in [1.807, 2.05) is 0 Å². The van der Waals surface area contributed by atoms with Crippen LogP contribution in [0.5, 0.6) is 0 Å². The van der Waals surface area contributed by atoms with Gasteiger partial charge in [0.05, 0.1) is 5.56 Å². The molecule has 24 heavy (non-hydrogen) atoms. The van der Waals surface area contributed by atoms with E-state index in [0.717, 1.165) is 12.5 Å². The Balaban J connectivity index is 1.72. The summed E-state index contributed by atoms with van der Waals surface area (Å²) in [4.78, 5) is 32.4. The Morgan fingerprint density at radius 1 is 1.38 bits per heavy atom. The van der Waals surface area contributed by atoms with Gasteiger partial charge in [-0.2, -0.15) is 0 Å². The SMILES string of the molecule is O=C(N[C@H]1CCCN(c2ncc[nH]c2=O)C1)c1cccc(F)c1F. The Morgan fingerprint density at radius 2 is 2.21 bits per heavy atom. The van der Waals surface area contributed by atoms with E-state index >= 15 is 0 Å². The minimum Gasteiger partial charge on any atom is -0.350 e. The van der Waals surface area contributed by atoms with E-state index in [4.69, 9.17) is 0 Å². The van der Waals surface area contributed by atoms with Crippen LogP contribution in [0.3, 0.4) is 0 Å². The first-order valence-corrected chi connectivity index (χ1v) is 7.60. The van der Waals surface area contributed by atoms with Crippen molar-refractivity contribution in [2.75, 3.05) is 18.0 Å². The number of H-pyrrole nitrogens is 1. The highest BCUT2D eigenvalue weighted by Gasteiger charge is 2.25. The summed E-state index contributed by atoms with van der Waals surface area (Å²) in [6.07, 6.45) is 4.36. The van der Waals surface area contributed by atoms with Crippen LogP contribution in [0, 0.1) is 11.6 Å². The third kappa shape index (κ3) is 3.27. The van der Waals surface area contributed by atoms with Crippen LogP contribution in [-0.4, -0.2) is 35.0 Å². The largest absolute Gasteiger partial charge is 0.350 e. The lowest BCUT2D eigenvalue weighted by Crippen LogP contribution is -2.49. The van der Waals surface area contributed by atoms with Gasteiger partial charge < -0.3 is 15.2 Å². The fourth-order valence-electron chi connectivity index (χ4n) is 2.80. The Morgan fingerprint density at radius 3 is 3.00 bits per heavy atom. The number of halogens is 2. The van der Waals surface area contributed by atoms with Gasteiger partial charge in [0.25, 0.3) is 11.5 Å². The molecule has 1 aromatic carbocycles. The minimum atomic E-state index is -1.16. The molecule has 0 saturated carbocycles. The maximum absolute atomic E-state index is 13.7. The maximum Gasteiger partial charge on any atom is 0.290 e. The summed E-state index contributed by atoms with van der Waals surface area (Å²) >= 11 is 0. The highest BCUT2D eigenvalue weighted by molar-refractivity contribution is 5.94. The van der Waals surface area contributed by atoms with E-state index < -0.39 is 17.5 Å². The summed E-state index contributed by atoms with van der Waals surface area (Å²) in [5.74, 6) is -2.61. The van der Waals surface area contributed by atoms with E-state index in [1.54, 1.807) is 4.90 Å². The fraction of sp³-hybridized carbons (Fsp3) is 0.312. The Kier molecular flexibility index (Phi) is 4.54. The van der Waals surface area contributed by atoms with Gasteiger partial charge in [0.15, 0.2) is 17.5 Å². The lowest BCUT2D eigenvalue weighted by molar-refractivity contribution is 0.0928. The van der Waals surface area contributed by atoms with Crippen LogP contribution in [0.25, 0.3) is 0 Å². The quantitative estimate of drug-likeness (QED) is 0.890. The van der Waals surface area contributed by atoms with Crippen LogP contribution in [-0.2, 0) is 0 Å². The van der Waals surface area contributed by atoms with Crippen molar-refractivity contribution in [3.05, 3.63) is 58.1 Å². The molecule has 1 aliphatic rings. The van der Waals surface area contributed by atoms with Gasteiger partial charge in [-0.1, -0.05) is 6.07 Å². The lowest BCUT2D eigenvalue weighted by Gasteiger charge is -2.33. The average Bonchev–Trinajstić information content (AvgIpc) is 2.58. The first-order chi connectivity index (χ1) is 11.6. The molecular formula is C16H16F2N4O2. The van der Waals surface area contributed by atoms with Crippen molar-refractivity contribution in [1.29, 1.82) is 0 Å². The summed E-state index contributed by atoms with van der Waals surface area (Å²) in [5.41, 5.74) is -0.636. The Labute approximate surface area is 136 Å². The van der Waals surface area contributed by atoms with Gasteiger partial charge >= 0.3 is 0 Å². The predicted octanol–water partition coefficient (Wildman–Crippen LogP) is 1.45. The van der Waals surface area contributed by atoms with Crippen molar-refractivity contribution in [3.63, 3.8) is 0 Å². The zero-order chi connectivity index (χ0) is 17.1. The van der Waals surface area contributed by atoms with E-state index in [1.165, 1.54) is 24.5 Å². The monoisotopic (exact) mass is 334 g/mol. The van der Waals surface area contributed by atoms with Crippen molar-refractivity contribution in [1.82, 2.24) is 15.3 Å². The van der Waals surface area contributed by atoms with Crippen LogP contribution in [0.4, 0.5) is 14.6 Å². The number of nitrogens with zero attached hydrogens (tertiary/aromatic N) is 2. The number of amides is 1. The first-order valence-electron chi connectivity index (χ1n) is 7.60. The highest BCUT2D eigenvalue weighted by Crippen LogP contribution is 2.16. The first kappa shape index (κ1) is 16.1. The number of carbonyl (C=O) groups excluding carboxylic acids is 1. The Bertz CT molecular complexity index is 809. The molecule has 2 heterocycles. The summed E-state index contributed by atoms with van der Waals surface area (Å²) in [7, 11) is 0. The summed E-state index contributed by atoms with van der Waals surface area (Å²) in [6, 6.07) is 3.20. The molecule has 0 spiro atoms. The van der Waals surface area contributed by atoms with Gasteiger partial charge in [0, 0.05) is 31.5 Å². The third-order valence-corrected chi connectivity index (χ3v) is 3.94. The van der Waals surface area contributed by atoms with Gasteiger partial charge in [-0.3, -0.25) is 9.59 Å². The molecule has 1 fully saturated rings. The van der Waals surface area contributed by atoms with Crippen LogP contribution in [0.1, 0.15) is 23.2 Å². The van der Waals surface area contributed by atoms with Gasteiger partial charge in [-0.05, 0) is 25.0 Å². The van der Waals surface area contributed by atoms with E-state index in [-0.39, 0.29) is 23.0 Å². The average molecular weight is 334 g/mol. The van der Waals surface area contributed by atoms with E-state index in [0.29, 0.717) is 19.5 Å². The predicted molar refractivity (Wildman–Crippen MR) is 83.9 cm³/mol. The topological polar surface area (TPSA) is 78.1 Å². The molecule has 6 nitrogen and oxygen atoms in total. The number of anilines is 1. The fourth-order valence-corrected chi connectivity index (χ4v) is 2.80. The third-order valence-electron chi connectivity index (χ3n) is 3.94. The van der Waals surface area contributed by atoms with Crippen molar-refractivity contribution in [3.8, 4) is 0 Å². The molecule has 3 rings (SSSR count). The molecule has 1 aliphatic heterocycles. The van der Waals surface area contributed by atoms with Gasteiger partial charge in [0.2, 0.25) is 0 Å². The molecule has 126 valence electrons. The van der Waals surface area contributed by atoms with Crippen molar-refractivity contribution < 1.29 is 13.6 Å². The summed E-state index contributed by atoms with van der Waals surface area (Å²) in [6.45, 7) is 1.02. The second-order valence-electron chi connectivity index (χ2n) is 5.60. The molecule has 1 amide bonds. The molecular weight excluding hydrogens is 318 g/mol. The molecule has 2 aromatic rings. The molecule has 1 aromatic heterocycles. The van der Waals surface area contributed by atoms with Crippen LogP contribution in [0.15, 0.2) is 35.4 Å². The number of rotatable bonds is 3. The van der Waals surface area contributed by atoms with Crippen LogP contribution < -0.4 is 15.8 Å². The van der Waals surface area contributed by atoms with Crippen molar-refractivity contribution in [2.45, 2.75) is 18.9 Å². The maximum atomic E-state index is 13.7. The number of hydrogen-bond donors (Lipinski definition) is 2. The second kappa shape index (κ2) is 6.77. The molecule has 0 radical (unpaired) electrons. The normalized spacial score (nSPS) is 17.6. The standard InChI is InChI=1S/C16H16F2N4O2/c17-12-5-1-4-11(13(12)18)15(23)21-10-3-2-8-22(9-10)14-16(24)20-7-6-19-14/h1,4-7,10H,2-3,8-9H2,(H,20,24)(H,21,23)/t10-/m0/s1. The summed E-state index contributed by atoms with van der Waals surface area (Å²) in [5, 5.41) is 2.70. The van der Waals surface area contributed by atoms with Crippen LogP contribution >= 0.6 is 0 Å². The van der Waals surface area contributed by atoms with Gasteiger partial charge in [0.1, 0.15) is 0 Å². The van der Waals surface area contributed by atoms with E-state index in [2.05, 4.69) is 15.3 Å². The molecule has 1 atom stereocenters. The number of piperidine rings is 1. The smallest absolute Gasteiger partial charge is 0.290 e. The summed E-state index contributed by atoms with van der Waals surface area (Å²) < 4.78 is 26.9. The molecule has 1 saturated heterocycles. The molecule has 0 aliphatic carbocycles. The molecule has 0 unspecified atom stereocenters. The van der Waals surface area contributed by atoms with Gasteiger partial charge in [-0.25, -0.2) is 13.8 Å².